The molecular weight excluding hydrogens is 241 g/mol. The van der Waals surface area contributed by atoms with Crippen LogP contribution >= 0.6 is 27.5 Å². The van der Waals surface area contributed by atoms with Gasteiger partial charge in [-0.15, -0.1) is 0 Å². The highest BCUT2D eigenvalue weighted by atomic mass is 79.9. The highest BCUT2D eigenvalue weighted by Crippen LogP contribution is 2.17. The molecule has 4 heteroatoms. The zero-order valence-corrected chi connectivity index (χ0v) is 8.76. The van der Waals surface area contributed by atoms with Crippen molar-refractivity contribution in [2.75, 3.05) is 11.9 Å². The lowest BCUT2D eigenvalue weighted by Crippen LogP contribution is -2.19. The molecule has 0 aromatic heterocycles. The number of rotatable bonds is 1. The number of carbonyl (C=O) groups is 1. The molecule has 0 spiro atoms. The number of anilines is 1. The molecule has 1 rings (SSSR count). The summed E-state index contributed by atoms with van der Waals surface area (Å²) in [6.07, 6.45) is 0. The van der Waals surface area contributed by atoms with Gasteiger partial charge in [0, 0.05) is 17.2 Å². The van der Waals surface area contributed by atoms with Crippen molar-refractivity contribution in [2.45, 2.75) is 0 Å². The van der Waals surface area contributed by atoms with Crippen molar-refractivity contribution in [3.05, 3.63) is 28.7 Å². The summed E-state index contributed by atoms with van der Waals surface area (Å²) in [4.78, 5) is 12.1. The minimum absolute atomic E-state index is 0.489. The molecule has 64 valence electrons. The zero-order chi connectivity index (χ0) is 9.14. The number of hydrogen-bond donors (Lipinski definition) is 0. The molecule has 0 unspecified atom stereocenters. The second-order valence-corrected chi connectivity index (χ2v) is 3.53. The van der Waals surface area contributed by atoms with Crippen molar-refractivity contribution in [3.63, 3.8) is 0 Å². The number of carbonyl (C=O) groups excluding carboxylic acids is 1. The summed E-state index contributed by atoms with van der Waals surface area (Å²) in [5, 5.41) is -0.489. The van der Waals surface area contributed by atoms with E-state index in [9.17, 15) is 4.79 Å². The maximum absolute atomic E-state index is 10.7. The molecule has 0 radical (unpaired) electrons. The molecule has 0 saturated heterocycles. The highest BCUT2D eigenvalue weighted by Gasteiger charge is 2.05. The van der Waals surface area contributed by atoms with E-state index >= 15 is 0 Å². The molecule has 0 saturated carbocycles. The molecule has 0 fully saturated rings. The lowest BCUT2D eigenvalue weighted by atomic mass is 10.3. The number of hydrogen-bond acceptors (Lipinski definition) is 1. The Kier molecular flexibility index (Phi) is 3.12. The molecule has 1 aromatic carbocycles. The molecule has 0 N–H and O–H groups in total. The second-order valence-electron chi connectivity index (χ2n) is 2.29. The van der Waals surface area contributed by atoms with E-state index in [0.717, 1.165) is 10.2 Å². The van der Waals surface area contributed by atoms with E-state index in [0.29, 0.717) is 0 Å². The van der Waals surface area contributed by atoms with E-state index in [1.807, 2.05) is 24.3 Å². The van der Waals surface area contributed by atoms with Gasteiger partial charge in [-0.3, -0.25) is 4.79 Å². The van der Waals surface area contributed by atoms with Gasteiger partial charge in [0.15, 0.2) is 0 Å². The van der Waals surface area contributed by atoms with Crippen LogP contribution in [0, 0.1) is 0 Å². The Bertz CT molecular complexity index is 286. The molecule has 2 nitrogen and oxygen atoms in total. The van der Waals surface area contributed by atoms with E-state index in [1.54, 1.807) is 7.05 Å². The summed E-state index contributed by atoms with van der Waals surface area (Å²) >= 11 is 8.57. The first-order chi connectivity index (χ1) is 5.61. The van der Waals surface area contributed by atoms with Gasteiger partial charge in [0.2, 0.25) is 0 Å². The molecule has 0 aliphatic rings. The van der Waals surface area contributed by atoms with Gasteiger partial charge in [-0.1, -0.05) is 15.9 Å². The maximum atomic E-state index is 10.7. The second kappa shape index (κ2) is 3.92. The minimum Gasteiger partial charge on any atom is -0.302 e. The first-order valence-corrected chi connectivity index (χ1v) is 4.47. The minimum atomic E-state index is -0.489. The average molecular weight is 249 g/mol. The van der Waals surface area contributed by atoms with Gasteiger partial charge in [-0.25, -0.2) is 0 Å². The Labute approximate surface area is 84.3 Å². The van der Waals surface area contributed by atoms with Crippen LogP contribution in [-0.4, -0.2) is 12.4 Å². The van der Waals surface area contributed by atoms with Crippen LogP contribution in [0.15, 0.2) is 28.7 Å². The molecule has 0 bridgehead atoms. The lowest BCUT2D eigenvalue weighted by molar-refractivity contribution is 0.265. The number of amides is 1. The molecule has 12 heavy (non-hydrogen) atoms. The van der Waals surface area contributed by atoms with E-state index in [2.05, 4.69) is 15.9 Å². The van der Waals surface area contributed by atoms with Crippen LogP contribution in [0.5, 0.6) is 0 Å². The molecular formula is C8H7BrClNO. The molecule has 0 heterocycles. The molecule has 1 aromatic rings. The van der Waals surface area contributed by atoms with E-state index in [4.69, 9.17) is 11.6 Å². The zero-order valence-electron chi connectivity index (χ0n) is 6.42. The van der Waals surface area contributed by atoms with Gasteiger partial charge in [-0.05, 0) is 35.9 Å². The summed E-state index contributed by atoms with van der Waals surface area (Å²) in [5.74, 6) is 0. The predicted octanol–water partition coefficient (Wildman–Crippen LogP) is 3.24. The van der Waals surface area contributed by atoms with Crippen LogP contribution in [0.4, 0.5) is 10.5 Å². The smallest absolute Gasteiger partial charge is 0.302 e. The van der Waals surface area contributed by atoms with E-state index in [-0.39, 0.29) is 0 Å². The normalized spacial score (nSPS) is 9.58. The Morgan fingerprint density at radius 2 is 1.92 bits per heavy atom. The largest absolute Gasteiger partial charge is 0.320 e. The fourth-order valence-electron chi connectivity index (χ4n) is 0.766. The van der Waals surface area contributed by atoms with Crippen LogP contribution in [-0.2, 0) is 0 Å². The number of benzene rings is 1. The summed E-state index contributed by atoms with van der Waals surface area (Å²) in [6, 6.07) is 7.33. The van der Waals surface area contributed by atoms with Crippen molar-refractivity contribution in [1.29, 1.82) is 0 Å². The standard InChI is InChI=1S/C8H7BrClNO/c1-11(8(10)12)7-4-2-6(9)3-5-7/h2-5H,1H3. The third-order valence-corrected chi connectivity index (χ3v) is 2.26. The van der Waals surface area contributed by atoms with Crippen molar-refractivity contribution in [3.8, 4) is 0 Å². The van der Waals surface area contributed by atoms with Crippen LogP contribution in [0.1, 0.15) is 0 Å². The van der Waals surface area contributed by atoms with E-state index in [1.165, 1.54) is 4.90 Å². The quantitative estimate of drug-likeness (QED) is 0.552. The predicted molar refractivity (Wildman–Crippen MR) is 53.8 cm³/mol. The Balaban J connectivity index is 2.89. The van der Waals surface area contributed by atoms with Crippen LogP contribution in [0.2, 0.25) is 0 Å². The van der Waals surface area contributed by atoms with Gasteiger partial charge in [-0.2, -0.15) is 0 Å². The van der Waals surface area contributed by atoms with Gasteiger partial charge in [0.05, 0.1) is 0 Å². The highest BCUT2D eigenvalue weighted by molar-refractivity contribution is 9.10. The maximum Gasteiger partial charge on any atom is 0.320 e. The Morgan fingerprint density at radius 1 is 1.42 bits per heavy atom. The SMILES string of the molecule is CN(C(=O)Cl)c1ccc(Br)cc1. The first-order valence-electron chi connectivity index (χ1n) is 3.30. The number of halogens is 2. The van der Waals surface area contributed by atoms with Gasteiger partial charge < -0.3 is 4.90 Å². The Morgan fingerprint density at radius 3 is 2.33 bits per heavy atom. The lowest BCUT2D eigenvalue weighted by Gasteiger charge is -2.12. The van der Waals surface area contributed by atoms with Crippen molar-refractivity contribution in [2.24, 2.45) is 0 Å². The van der Waals surface area contributed by atoms with Crippen molar-refractivity contribution < 1.29 is 4.79 Å². The van der Waals surface area contributed by atoms with Crippen LogP contribution in [0.25, 0.3) is 0 Å². The van der Waals surface area contributed by atoms with Crippen LogP contribution in [0.3, 0.4) is 0 Å². The third-order valence-electron chi connectivity index (χ3n) is 1.48. The molecule has 1 amide bonds. The fourth-order valence-corrected chi connectivity index (χ4v) is 1.13. The van der Waals surface area contributed by atoms with Crippen molar-refractivity contribution in [1.82, 2.24) is 0 Å². The topological polar surface area (TPSA) is 20.3 Å². The molecule has 0 atom stereocenters. The molecule has 0 aliphatic heterocycles. The fraction of sp³-hybridized carbons (Fsp3) is 0.125. The molecule has 0 aliphatic carbocycles. The summed E-state index contributed by atoms with van der Waals surface area (Å²) in [6.45, 7) is 0. The first kappa shape index (κ1) is 9.55. The summed E-state index contributed by atoms with van der Waals surface area (Å²) in [7, 11) is 1.62. The van der Waals surface area contributed by atoms with Gasteiger partial charge in [0.25, 0.3) is 0 Å². The van der Waals surface area contributed by atoms with Gasteiger partial charge in [0.1, 0.15) is 0 Å². The Hall–Kier alpha value is -0.540. The number of nitrogens with zero attached hydrogens (tertiary/aromatic N) is 1. The van der Waals surface area contributed by atoms with Crippen LogP contribution < -0.4 is 4.90 Å². The van der Waals surface area contributed by atoms with Gasteiger partial charge >= 0.3 is 5.37 Å². The summed E-state index contributed by atoms with van der Waals surface area (Å²) in [5.41, 5.74) is 0.776. The monoisotopic (exact) mass is 247 g/mol. The average Bonchev–Trinajstić information content (AvgIpc) is 2.04. The van der Waals surface area contributed by atoms with E-state index < -0.39 is 5.37 Å². The van der Waals surface area contributed by atoms with Crippen molar-refractivity contribution >= 4 is 38.6 Å². The summed E-state index contributed by atoms with van der Waals surface area (Å²) < 4.78 is 0.974. The third kappa shape index (κ3) is 2.22.